The van der Waals surface area contributed by atoms with Crippen molar-refractivity contribution in [3.8, 4) is 11.3 Å². The van der Waals surface area contributed by atoms with Gasteiger partial charge in [0.1, 0.15) is 5.65 Å². The topological polar surface area (TPSA) is 54.6 Å². The van der Waals surface area contributed by atoms with Crippen LogP contribution in [0.2, 0.25) is 0 Å². The molecular weight excluding hydrogens is 308 g/mol. The van der Waals surface area contributed by atoms with E-state index in [1.54, 1.807) is 24.3 Å². The summed E-state index contributed by atoms with van der Waals surface area (Å²) in [6.45, 7) is 0. The maximum atomic E-state index is 10.8. The van der Waals surface area contributed by atoms with Crippen molar-refractivity contribution in [1.29, 1.82) is 0 Å². The molecule has 0 saturated heterocycles. The lowest BCUT2D eigenvalue weighted by molar-refractivity contribution is 0.0697. The van der Waals surface area contributed by atoms with Crippen molar-refractivity contribution in [3.63, 3.8) is 0 Å². The Kier molecular flexibility index (Phi) is 2.83. The highest BCUT2D eigenvalue weighted by Crippen LogP contribution is 2.21. The van der Waals surface area contributed by atoms with E-state index in [9.17, 15) is 4.79 Å². The summed E-state index contributed by atoms with van der Waals surface area (Å²) in [6, 6.07) is 10.6. The molecule has 0 amide bonds. The lowest BCUT2D eigenvalue weighted by Gasteiger charge is -1.97. The number of fused-ring (bicyclic) bond motifs is 1. The van der Waals surface area contributed by atoms with Crippen LogP contribution in [-0.2, 0) is 0 Å². The molecule has 0 aliphatic rings. The van der Waals surface area contributed by atoms with Gasteiger partial charge in [-0.2, -0.15) is 0 Å². The first-order valence-corrected chi connectivity index (χ1v) is 6.41. The quantitative estimate of drug-likeness (QED) is 0.787. The number of carbonyl (C=O) groups is 1. The minimum atomic E-state index is -0.925. The third-order valence-electron chi connectivity index (χ3n) is 2.85. The van der Waals surface area contributed by atoms with Crippen molar-refractivity contribution in [2.24, 2.45) is 0 Å². The van der Waals surface area contributed by atoms with Crippen LogP contribution < -0.4 is 0 Å². The summed E-state index contributed by atoms with van der Waals surface area (Å²) < 4.78 is 2.89. The van der Waals surface area contributed by atoms with Crippen molar-refractivity contribution in [1.82, 2.24) is 9.38 Å². The summed E-state index contributed by atoms with van der Waals surface area (Å²) in [6.07, 6.45) is 3.83. The smallest absolute Gasteiger partial charge is 0.335 e. The highest BCUT2D eigenvalue weighted by molar-refractivity contribution is 9.10. The molecule has 0 bridgehead atoms. The molecule has 0 aliphatic carbocycles. The Hall–Kier alpha value is -2.14. The molecule has 0 atom stereocenters. The average Bonchev–Trinajstić information content (AvgIpc) is 2.81. The lowest BCUT2D eigenvalue weighted by atomic mass is 10.1. The van der Waals surface area contributed by atoms with Gasteiger partial charge in [-0.1, -0.05) is 28.1 Å². The van der Waals surface area contributed by atoms with Crippen molar-refractivity contribution in [3.05, 3.63) is 58.8 Å². The monoisotopic (exact) mass is 316 g/mol. The molecule has 94 valence electrons. The number of hydrogen-bond donors (Lipinski definition) is 1. The van der Waals surface area contributed by atoms with E-state index in [0.29, 0.717) is 0 Å². The zero-order valence-electron chi connectivity index (χ0n) is 9.75. The van der Waals surface area contributed by atoms with E-state index in [-0.39, 0.29) is 5.56 Å². The van der Waals surface area contributed by atoms with Gasteiger partial charge >= 0.3 is 5.97 Å². The molecule has 19 heavy (non-hydrogen) atoms. The van der Waals surface area contributed by atoms with Crippen LogP contribution in [0.1, 0.15) is 10.4 Å². The van der Waals surface area contributed by atoms with Gasteiger partial charge in [0.05, 0.1) is 11.3 Å². The van der Waals surface area contributed by atoms with Gasteiger partial charge in [-0.05, 0) is 24.3 Å². The zero-order chi connectivity index (χ0) is 13.4. The second kappa shape index (κ2) is 4.51. The number of aromatic nitrogens is 2. The number of pyridine rings is 1. The standard InChI is InChI=1S/C14H9BrN2O2/c15-11-5-6-17-8-12(16-13(17)7-11)9-1-3-10(4-2-9)14(18)19/h1-8H,(H,18,19). The molecule has 0 unspecified atom stereocenters. The van der Waals surface area contributed by atoms with E-state index in [4.69, 9.17) is 5.11 Å². The van der Waals surface area contributed by atoms with Gasteiger partial charge in [0.25, 0.3) is 0 Å². The normalized spacial score (nSPS) is 10.8. The summed E-state index contributed by atoms with van der Waals surface area (Å²) in [5.41, 5.74) is 2.82. The Morgan fingerprint density at radius 3 is 2.63 bits per heavy atom. The third-order valence-corrected chi connectivity index (χ3v) is 3.34. The summed E-state index contributed by atoms with van der Waals surface area (Å²) >= 11 is 3.40. The summed E-state index contributed by atoms with van der Waals surface area (Å²) in [5, 5.41) is 8.87. The maximum Gasteiger partial charge on any atom is 0.335 e. The number of aromatic carboxylic acids is 1. The molecule has 0 fully saturated rings. The SMILES string of the molecule is O=C(O)c1ccc(-c2cn3ccc(Br)cc3n2)cc1. The molecular formula is C14H9BrN2O2. The summed E-state index contributed by atoms with van der Waals surface area (Å²) in [4.78, 5) is 15.3. The first-order chi connectivity index (χ1) is 9.13. The number of nitrogens with zero attached hydrogens (tertiary/aromatic N) is 2. The van der Waals surface area contributed by atoms with Crippen molar-refractivity contribution < 1.29 is 9.90 Å². The fourth-order valence-electron chi connectivity index (χ4n) is 1.88. The van der Waals surface area contributed by atoms with E-state index in [1.807, 2.05) is 28.9 Å². The molecule has 4 nitrogen and oxygen atoms in total. The van der Waals surface area contributed by atoms with Crippen molar-refractivity contribution in [2.45, 2.75) is 0 Å². The van der Waals surface area contributed by atoms with E-state index >= 15 is 0 Å². The minimum Gasteiger partial charge on any atom is -0.478 e. The van der Waals surface area contributed by atoms with Gasteiger partial charge in [-0.25, -0.2) is 9.78 Å². The fourth-order valence-corrected chi connectivity index (χ4v) is 2.20. The Labute approximate surface area is 117 Å². The number of hydrogen-bond acceptors (Lipinski definition) is 2. The van der Waals surface area contributed by atoms with Crippen LogP contribution in [0.4, 0.5) is 0 Å². The third kappa shape index (κ3) is 2.24. The number of benzene rings is 1. The predicted molar refractivity (Wildman–Crippen MR) is 75.3 cm³/mol. The number of carboxylic acids is 1. The van der Waals surface area contributed by atoms with Crippen LogP contribution in [0.5, 0.6) is 0 Å². The van der Waals surface area contributed by atoms with Gasteiger partial charge in [-0.3, -0.25) is 0 Å². The van der Waals surface area contributed by atoms with Crippen molar-refractivity contribution in [2.75, 3.05) is 0 Å². The van der Waals surface area contributed by atoms with Crippen LogP contribution >= 0.6 is 15.9 Å². The van der Waals surface area contributed by atoms with Gasteiger partial charge in [0.2, 0.25) is 0 Å². The minimum absolute atomic E-state index is 0.273. The molecule has 1 N–H and O–H groups in total. The maximum absolute atomic E-state index is 10.8. The van der Waals surface area contributed by atoms with E-state index < -0.39 is 5.97 Å². The number of imidazole rings is 1. The van der Waals surface area contributed by atoms with Crippen molar-refractivity contribution >= 4 is 27.5 Å². The van der Waals surface area contributed by atoms with E-state index in [0.717, 1.165) is 21.4 Å². The molecule has 2 heterocycles. The van der Waals surface area contributed by atoms with Gasteiger partial charge in [0.15, 0.2) is 0 Å². The molecule has 5 heteroatoms. The van der Waals surface area contributed by atoms with Crippen LogP contribution in [0.25, 0.3) is 16.9 Å². The Morgan fingerprint density at radius 2 is 1.95 bits per heavy atom. The predicted octanol–water partition coefficient (Wildman–Crippen LogP) is 3.46. The second-order valence-corrected chi connectivity index (χ2v) is 5.03. The highest BCUT2D eigenvalue weighted by Gasteiger charge is 2.06. The molecule has 3 rings (SSSR count). The molecule has 0 aliphatic heterocycles. The Morgan fingerprint density at radius 1 is 1.21 bits per heavy atom. The fraction of sp³-hybridized carbons (Fsp3) is 0. The largest absolute Gasteiger partial charge is 0.478 e. The van der Waals surface area contributed by atoms with Crippen LogP contribution in [0, 0.1) is 0 Å². The number of carboxylic acid groups (broad SMARTS) is 1. The molecule has 0 radical (unpaired) electrons. The Balaban J connectivity index is 2.06. The van der Waals surface area contributed by atoms with Gasteiger partial charge < -0.3 is 9.51 Å². The van der Waals surface area contributed by atoms with Crippen LogP contribution in [-0.4, -0.2) is 20.5 Å². The molecule has 0 saturated carbocycles. The molecule has 2 aromatic heterocycles. The molecule has 3 aromatic rings. The molecule has 0 spiro atoms. The summed E-state index contributed by atoms with van der Waals surface area (Å²) in [5.74, 6) is -0.925. The second-order valence-electron chi connectivity index (χ2n) is 4.12. The number of halogens is 1. The first kappa shape index (κ1) is 11.9. The van der Waals surface area contributed by atoms with E-state index in [2.05, 4.69) is 20.9 Å². The summed E-state index contributed by atoms with van der Waals surface area (Å²) in [7, 11) is 0. The van der Waals surface area contributed by atoms with Crippen LogP contribution in [0.3, 0.4) is 0 Å². The van der Waals surface area contributed by atoms with Crippen LogP contribution in [0.15, 0.2) is 53.3 Å². The zero-order valence-corrected chi connectivity index (χ0v) is 11.3. The first-order valence-electron chi connectivity index (χ1n) is 5.61. The average molecular weight is 317 g/mol. The lowest BCUT2D eigenvalue weighted by Crippen LogP contribution is -1.94. The highest BCUT2D eigenvalue weighted by atomic mass is 79.9. The van der Waals surface area contributed by atoms with E-state index in [1.165, 1.54) is 0 Å². The Bertz CT molecular complexity index is 763. The van der Waals surface area contributed by atoms with Gasteiger partial charge in [-0.15, -0.1) is 0 Å². The molecule has 1 aromatic carbocycles. The number of rotatable bonds is 2. The van der Waals surface area contributed by atoms with Gasteiger partial charge in [0, 0.05) is 22.4 Å².